The Hall–Kier alpha value is -3.30. The SMILES string of the molecule is CN(C1CCCCC1)S(=O)(=O)c1ccc(C(=O)Nc2cccc(-c3ccc(=O)[nH]n3)c2)cc1. The van der Waals surface area contributed by atoms with Crippen LogP contribution in [0.2, 0.25) is 0 Å². The van der Waals surface area contributed by atoms with Crippen molar-refractivity contribution in [2.75, 3.05) is 12.4 Å². The van der Waals surface area contributed by atoms with E-state index in [9.17, 15) is 18.0 Å². The summed E-state index contributed by atoms with van der Waals surface area (Å²) in [6, 6.07) is 16.1. The highest BCUT2D eigenvalue weighted by Crippen LogP contribution is 2.27. The van der Waals surface area contributed by atoms with Gasteiger partial charge >= 0.3 is 0 Å². The van der Waals surface area contributed by atoms with Crippen molar-refractivity contribution < 1.29 is 13.2 Å². The maximum absolute atomic E-state index is 13.0. The number of sulfonamides is 1. The van der Waals surface area contributed by atoms with Crippen LogP contribution in [0.1, 0.15) is 42.5 Å². The first kappa shape index (κ1) is 22.9. The summed E-state index contributed by atoms with van der Waals surface area (Å²) >= 11 is 0. The van der Waals surface area contributed by atoms with E-state index in [1.54, 1.807) is 31.3 Å². The fraction of sp³-hybridized carbons (Fsp3) is 0.292. The Morgan fingerprint density at radius 1 is 1.03 bits per heavy atom. The van der Waals surface area contributed by atoms with E-state index in [0.29, 0.717) is 16.9 Å². The maximum atomic E-state index is 13.0. The van der Waals surface area contributed by atoms with Crippen LogP contribution >= 0.6 is 0 Å². The van der Waals surface area contributed by atoms with Gasteiger partial charge in [-0.1, -0.05) is 31.4 Å². The van der Waals surface area contributed by atoms with Crippen LogP contribution in [-0.2, 0) is 10.0 Å². The molecule has 33 heavy (non-hydrogen) atoms. The number of carbonyl (C=O) groups is 1. The quantitative estimate of drug-likeness (QED) is 0.576. The molecule has 3 aromatic rings. The zero-order valence-electron chi connectivity index (χ0n) is 18.3. The highest BCUT2D eigenvalue weighted by molar-refractivity contribution is 7.89. The van der Waals surface area contributed by atoms with Gasteiger partial charge < -0.3 is 5.32 Å². The molecule has 0 unspecified atom stereocenters. The number of amides is 1. The number of rotatable bonds is 6. The molecule has 2 N–H and O–H groups in total. The minimum Gasteiger partial charge on any atom is -0.322 e. The number of hydrogen-bond donors (Lipinski definition) is 2. The van der Waals surface area contributed by atoms with Crippen LogP contribution in [0, 0.1) is 0 Å². The Balaban J connectivity index is 1.47. The summed E-state index contributed by atoms with van der Waals surface area (Å²) in [6.07, 6.45) is 5.00. The summed E-state index contributed by atoms with van der Waals surface area (Å²) in [5.74, 6) is -0.355. The molecule has 0 saturated heterocycles. The van der Waals surface area contributed by atoms with Gasteiger partial charge in [-0.2, -0.15) is 9.40 Å². The molecule has 8 nitrogen and oxygen atoms in total. The van der Waals surface area contributed by atoms with Gasteiger partial charge in [0.2, 0.25) is 10.0 Å². The molecule has 0 atom stereocenters. The monoisotopic (exact) mass is 466 g/mol. The van der Waals surface area contributed by atoms with Crippen LogP contribution in [0.25, 0.3) is 11.3 Å². The van der Waals surface area contributed by atoms with E-state index >= 15 is 0 Å². The molecule has 1 heterocycles. The van der Waals surface area contributed by atoms with Crippen molar-refractivity contribution in [2.24, 2.45) is 0 Å². The number of aromatic amines is 1. The molecule has 1 aromatic heterocycles. The van der Waals surface area contributed by atoms with Crippen molar-refractivity contribution >= 4 is 21.6 Å². The van der Waals surface area contributed by atoms with E-state index in [4.69, 9.17) is 0 Å². The lowest BCUT2D eigenvalue weighted by molar-refractivity contribution is 0.102. The smallest absolute Gasteiger partial charge is 0.264 e. The highest BCUT2D eigenvalue weighted by Gasteiger charge is 2.29. The maximum Gasteiger partial charge on any atom is 0.264 e. The molecule has 0 radical (unpaired) electrons. The standard InChI is InChI=1S/C24H26N4O4S/c1-28(20-8-3-2-4-9-20)33(31,32)21-12-10-17(11-13-21)24(30)25-19-7-5-6-18(16-19)22-14-15-23(29)27-26-22/h5-7,10-16,20H,2-4,8-9H2,1H3,(H,25,30)(H,27,29). The molecule has 0 aliphatic heterocycles. The number of aromatic nitrogens is 2. The molecule has 4 rings (SSSR count). The van der Waals surface area contributed by atoms with Crippen molar-refractivity contribution in [3.8, 4) is 11.3 Å². The number of anilines is 1. The minimum atomic E-state index is -3.61. The third kappa shape index (κ3) is 5.20. The van der Waals surface area contributed by atoms with Gasteiger partial charge in [0, 0.05) is 36.0 Å². The fourth-order valence-electron chi connectivity index (χ4n) is 4.05. The first-order valence-corrected chi connectivity index (χ1v) is 12.3. The minimum absolute atomic E-state index is 0.0240. The van der Waals surface area contributed by atoms with Crippen molar-refractivity contribution in [2.45, 2.75) is 43.0 Å². The summed E-state index contributed by atoms with van der Waals surface area (Å²) in [4.78, 5) is 24.1. The molecule has 172 valence electrons. The lowest BCUT2D eigenvalue weighted by Gasteiger charge is -2.30. The van der Waals surface area contributed by atoms with Crippen LogP contribution in [0.5, 0.6) is 0 Å². The summed E-state index contributed by atoms with van der Waals surface area (Å²) < 4.78 is 27.5. The first-order valence-electron chi connectivity index (χ1n) is 10.9. The van der Waals surface area contributed by atoms with E-state index in [0.717, 1.165) is 37.7 Å². The van der Waals surface area contributed by atoms with Crippen LogP contribution in [0.3, 0.4) is 0 Å². The third-order valence-corrected chi connectivity index (χ3v) is 7.90. The Morgan fingerprint density at radius 2 is 1.76 bits per heavy atom. The zero-order valence-corrected chi connectivity index (χ0v) is 19.1. The molecule has 1 aliphatic carbocycles. The topological polar surface area (TPSA) is 112 Å². The first-order chi connectivity index (χ1) is 15.8. The van der Waals surface area contributed by atoms with Crippen LogP contribution in [0.4, 0.5) is 5.69 Å². The van der Waals surface area contributed by atoms with E-state index in [-0.39, 0.29) is 22.4 Å². The van der Waals surface area contributed by atoms with Crippen LogP contribution in [-0.4, -0.2) is 41.9 Å². The molecule has 2 aromatic carbocycles. The summed E-state index contributed by atoms with van der Waals surface area (Å²) in [5.41, 5.74) is 1.92. The van der Waals surface area contributed by atoms with E-state index in [1.165, 1.54) is 34.6 Å². The van der Waals surface area contributed by atoms with Gasteiger partial charge in [0.1, 0.15) is 0 Å². The van der Waals surface area contributed by atoms with Gasteiger partial charge in [-0.15, -0.1) is 0 Å². The lowest BCUT2D eigenvalue weighted by atomic mass is 9.96. The van der Waals surface area contributed by atoms with Crippen LogP contribution < -0.4 is 10.9 Å². The molecule has 9 heteroatoms. The molecule has 1 saturated carbocycles. The Bertz CT molecular complexity index is 1280. The van der Waals surface area contributed by atoms with Crippen molar-refractivity contribution in [3.05, 3.63) is 76.6 Å². The van der Waals surface area contributed by atoms with Crippen molar-refractivity contribution in [3.63, 3.8) is 0 Å². The number of carbonyl (C=O) groups excluding carboxylic acids is 1. The molecule has 1 fully saturated rings. The van der Waals surface area contributed by atoms with Gasteiger partial charge in [-0.05, 0) is 55.3 Å². The number of hydrogen-bond acceptors (Lipinski definition) is 5. The Kier molecular flexibility index (Phi) is 6.71. The second kappa shape index (κ2) is 9.68. The number of nitrogens with zero attached hydrogens (tertiary/aromatic N) is 2. The van der Waals surface area contributed by atoms with Crippen molar-refractivity contribution in [1.29, 1.82) is 0 Å². The summed E-state index contributed by atoms with van der Waals surface area (Å²) in [6.45, 7) is 0. The molecule has 0 spiro atoms. The lowest BCUT2D eigenvalue weighted by Crippen LogP contribution is -2.38. The van der Waals surface area contributed by atoms with Gasteiger partial charge in [-0.3, -0.25) is 9.59 Å². The van der Waals surface area contributed by atoms with E-state index in [2.05, 4.69) is 15.5 Å². The fourth-order valence-corrected chi connectivity index (χ4v) is 5.47. The van der Waals surface area contributed by atoms with Crippen molar-refractivity contribution in [1.82, 2.24) is 14.5 Å². The van der Waals surface area contributed by atoms with Gasteiger partial charge in [0.15, 0.2) is 0 Å². The number of H-pyrrole nitrogens is 1. The molecular weight excluding hydrogens is 440 g/mol. The normalized spacial score (nSPS) is 14.8. The average Bonchev–Trinajstić information content (AvgIpc) is 2.85. The predicted octanol–water partition coefficient (Wildman–Crippen LogP) is 3.64. The Labute approximate surface area is 192 Å². The molecular formula is C24H26N4O4S. The molecule has 1 aliphatic rings. The number of nitrogens with one attached hydrogen (secondary N) is 2. The average molecular weight is 467 g/mol. The van der Waals surface area contributed by atoms with Crippen LogP contribution in [0.15, 0.2) is 70.4 Å². The summed E-state index contributed by atoms with van der Waals surface area (Å²) in [5, 5.41) is 9.20. The molecule has 1 amide bonds. The zero-order chi connectivity index (χ0) is 23.4. The summed E-state index contributed by atoms with van der Waals surface area (Å²) in [7, 11) is -1.97. The van der Waals surface area contributed by atoms with Gasteiger partial charge in [-0.25, -0.2) is 13.5 Å². The van der Waals surface area contributed by atoms with Gasteiger partial charge in [0.05, 0.1) is 10.6 Å². The highest BCUT2D eigenvalue weighted by atomic mass is 32.2. The Morgan fingerprint density at radius 3 is 2.42 bits per heavy atom. The predicted molar refractivity (Wildman–Crippen MR) is 127 cm³/mol. The largest absolute Gasteiger partial charge is 0.322 e. The van der Waals surface area contributed by atoms with Gasteiger partial charge in [0.25, 0.3) is 11.5 Å². The third-order valence-electron chi connectivity index (χ3n) is 5.98. The molecule has 0 bridgehead atoms. The number of benzene rings is 2. The second-order valence-electron chi connectivity index (χ2n) is 8.18. The second-order valence-corrected chi connectivity index (χ2v) is 10.2. The van der Waals surface area contributed by atoms with E-state index in [1.807, 2.05) is 6.07 Å². The van der Waals surface area contributed by atoms with E-state index < -0.39 is 10.0 Å².